The first-order chi connectivity index (χ1) is 19.5. The van der Waals surface area contributed by atoms with E-state index in [0.717, 1.165) is 42.6 Å². The molecule has 2 saturated heterocycles. The van der Waals surface area contributed by atoms with E-state index in [-0.39, 0.29) is 18.3 Å². The number of carbonyl (C=O) groups is 1. The van der Waals surface area contributed by atoms with Crippen LogP contribution in [0.15, 0.2) is 51.6 Å². The maximum absolute atomic E-state index is 13.2. The molecule has 0 aliphatic carbocycles. The summed E-state index contributed by atoms with van der Waals surface area (Å²) < 4.78 is 16.7. The summed E-state index contributed by atoms with van der Waals surface area (Å²) in [7, 11) is 0. The smallest absolute Gasteiger partial charge is 0.253 e. The van der Waals surface area contributed by atoms with Crippen molar-refractivity contribution in [3.05, 3.63) is 65.2 Å². The van der Waals surface area contributed by atoms with E-state index in [0.29, 0.717) is 40.3 Å². The fourth-order valence-electron chi connectivity index (χ4n) is 5.64. The first kappa shape index (κ1) is 26.1. The number of rotatable bonds is 7. The number of benzene rings is 1. The monoisotopic (exact) mass is 542 g/mol. The summed E-state index contributed by atoms with van der Waals surface area (Å²) in [5.74, 6) is 1.99. The Balaban J connectivity index is 1.12. The Morgan fingerprint density at radius 1 is 1.00 bits per heavy atom. The van der Waals surface area contributed by atoms with E-state index in [1.165, 1.54) is 25.9 Å². The number of amides is 1. The third-order valence-electron chi connectivity index (χ3n) is 7.97. The highest BCUT2D eigenvalue weighted by atomic mass is 16.5. The van der Waals surface area contributed by atoms with Crippen molar-refractivity contribution in [2.24, 2.45) is 0 Å². The number of nitrogens with two attached hydrogens (primary N) is 1. The van der Waals surface area contributed by atoms with Gasteiger partial charge in [0.05, 0.1) is 11.3 Å². The number of pyridine rings is 1. The molecule has 0 bridgehead atoms. The van der Waals surface area contributed by atoms with Crippen LogP contribution in [0.5, 0.6) is 5.75 Å². The van der Waals surface area contributed by atoms with E-state index in [4.69, 9.17) is 19.5 Å². The molecular formula is C30H34N6O4. The number of anilines is 1. The van der Waals surface area contributed by atoms with Gasteiger partial charge in [-0.25, -0.2) is 4.98 Å². The molecule has 40 heavy (non-hydrogen) atoms. The quantitative estimate of drug-likeness (QED) is 0.348. The van der Waals surface area contributed by atoms with Crippen LogP contribution in [-0.2, 0) is 6.61 Å². The van der Waals surface area contributed by atoms with Gasteiger partial charge in [-0.15, -0.1) is 0 Å². The summed E-state index contributed by atoms with van der Waals surface area (Å²) >= 11 is 0. The number of hydrogen-bond donors (Lipinski definition) is 1. The summed E-state index contributed by atoms with van der Waals surface area (Å²) in [6.45, 7) is 7.87. The van der Waals surface area contributed by atoms with Gasteiger partial charge in [0.25, 0.3) is 5.91 Å². The van der Waals surface area contributed by atoms with Crippen molar-refractivity contribution in [3.63, 3.8) is 0 Å². The molecule has 0 saturated carbocycles. The van der Waals surface area contributed by atoms with Crippen molar-refractivity contribution in [1.29, 1.82) is 0 Å². The van der Waals surface area contributed by atoms with Crippen molar-refractivity contribution in [3.8, 4) is 28.3 Å². The first-order valence-electron chi connectivity index (χ1n) is 13.9. The molecular weight excluding hydrogens is 508 g/mol. The summed E-state index contributed by atoms with van der Waals surface area (Å²) in [6, 6.07) is 11.9. The Morgan fingerprint density at radius 3 is 2.45 bits per heavy atom. The second-order valence-corrected chi connectivity index (χ2v) is 10.6. The topological polar surface area (TPSA) is 124 Å². The molecule has 1 aromatic carbocycles. The van der Waals surface area contributed by atoms with Crippen LogP contribution in [0.4, 0.5) is 5.82 Å². The summed E-state index contributed by atoms with van der Waals surface area (Å²) in [5, 5.41) is 8.09. The van der Waals surface area contributed by atoms with Gasteiger partial charge in [-0.1, -0.05) is 22.4 Å². The Morgan fingerprint density at radius 2 is 1.75 bits per heavy atom. The summed E-state index contributed by atoms with van der Waals surface area (Å²) in [4.78, 5) is 22.1. The molecule has 2 N–H and O–H groups in total. The minimum Gasteiger partial charge on any atom is -0.485 e. The van der Waals surface area contributed by atoms with Gasteiger partial charge in [0, 0.05) is 42.5 Å². The molecule has 2 aliphatic heterocycles. The number of carbonyl (C=O) groups excluding carboxylic acids is 1. The Labute approximate surface area is 233 Å². The van der Waals surface area contributed by atoms with Crippen molar-refractivity contribution < 1.29 is 18.6 Å². The molecule has 2 aliphatic rings. The molecule has 10 nitrogen and oxygen atoms in total. The van der Waals surface area contributed by atoms with Crippen molar-refractivity contribution in [2.75, 3.05) is 31.9 Å². The number of aromatic nitrogens is 3. The van der Waals surface area contributed by atoms with Crippen LogP contribution in [0.25, 0.3) is 22.6 Å². The lowest BCUT2D eigenvalue weighted by atomic mass is 10.0. The molecule has 3 aromatic heterocycles. The third-order valence-corrected chi connectivity index (χ3v) is 7.97. The zero-order valence-electron chi connectivity index (χ0n) is 22.9. The molecule has 0 radical (unpaired) electrons. The van der Waals surface area contributed by atoms with Crippen LogP contribution < -0.4 is 10.5 Å². The van der Waals surface area contributed by atoms with Gasteiger partial charge in [-0.05, 0) is 76.4 Å². The second-order valence-electron chi connectivity index (χ2n) is 10.6. The van der Waals surface area contributed by atoms with Crippen LogP contribution in [-0.4, -0.2) is 63.2 Å². The maximum Gasteiger partial charge on any atom is 0.253 e. The highest BCUT2D eigenvalue weighted by Gasteiger charge is 2.28. The molecule has 5 heterocycles. The van der Waals surface area contributed by atoms with E-state index < -0.39 is 0 Å². The normalized spacial score (nSPS) is 16.5. The van der Waals surface area contributed by atoms with E-state index >= 15 is 0 Å². The van der Waals surface area contributed by atoms with Crippen molar-refractivity contribution in [1.82, 2.24) is 25.1 Å². The summed E-state index contributed by atoms with van der Waals surface area (Å²) in [6.07, 6.45) is 6.41. The van der Waals surface area contributed by atoms with Gasteiger partial charge < -0.3 is 29.3 Å². The maximum atomic E-state index is 13.2. The predicted molar refractivity (Wildman–Crippen MR) is 150 cm³/mol. The second kappa shape index (κ2) is 11.1. The average molecular weight is 543 g/mol. The van der Waals surface area contributed by atoms with Crippen molar-refractivity contribution in [2.45, 2.75) is 52.2 Å². The highest BCUT2D eigenvalue weighted by Crippen LogP contribution is 2.31. The Kier molecular flexibility index (Phi) is 7.25. The zero-order valence-corrected chi connectivity index (χ0v) is 22.9. The van der Waals surface area contributed by atoms with Gasteiger partial charge in [-0.2, -0.15) is 0 Å². The SMILES string of the molecule is Cc1cc(-c2onc(C)c2COc2cc(-c3ccc(C(=O)N4CCC(N5CCCC5)CC4)cc3)cnc2N)no1. The molecule has 0 spiro atoms. The minimum atomic E-state index is 0.0908. The lowest BCUT2D eigenvalue weighted by Crippen LogP contribution is -2.45. The van der Waals surface area contributed by atoms with Gasteiger partial charge in [-0.3, -0.25) is 4.79 Å². The molecule has 2 fully saturated rings. The molecule has 6 rings (SSSR count). The van der Waals surface area contributed by atoms with Gasteiger partial charge in [0.2, 0.25) is 0 Å². The van der Waals surface area contributed by atoms with Gasteiger partial charge in [0.15, 0.2) is 23.0 Å². The number of nitrogen functional groups attached to an aromatic ring is 1. The largest absolute Gasteiger partial charge is 0.485 e. The molecule has 1 amide bonds. The van der Waals surface area contributed by atoms with Crippen LogP contribution in [0.3, 0.4) is 0 Å². The van der Waals surface area contributed by atoms with Crippen LogP contribution in [0, 0.1) is 13.8 Å². The Bertz CT molecular complexity index is 1480. The first-order valence-corrected chi connectivity index (χ1v) is 13.9. The van der Waals surface area contributed by atoms with Crippen LogP contribution in [0.2, 0.25) is 0 Å². The number of likely N-dealkylation sites (tertiary alicyclic amines) is 2. The molecule has 4 aromatic rings. The molecule has 0 unspecified atom stereocenters. The number of aryl methyl sites for hydroxylation is 2. The van der Waals surface area contributed by atoms with Gasteiger partial charge in [0.1, 0.15) is 12.4 Å². The van der Waals surface area contributed by atoms with E-state index in [1.807, 2.05) is 49.1 Å². The average Bonchev–Trinajstić information content (AvgIpc) is 3.74. The number of nitrogens with zero attached hydrogens (tertiary/aromatic N) is 5. The van der Waals surface area contributed by atoms with Crippen molar-refractivity contribution >= 4 is 11.7 Å². The van der Waals surface area contributed by atoms with E-state index in [2.05, 4.69) is 20.2 Å². The van der Waals surface area contributed by atoms with E-state index in [1.54, 1.807) is 12.3 Å². The molecule has 0 atom stereocenters. The molecule has 10 heteroatoms. The van der Waals surface area contributed by atoms with Crippen LogP contribution >= 0.6 is 0 Å². The fraction of sp³-hybridized carbons (Fsp3) is 0.400. The van der Waals surface area contributed by atoms with E-state index in [9.17, 15) is 4.79 Å². The lowest BCUT2D eigenvalue weighted by molar-refractivity contribution is 0.0644. The zero-order chi connectivity index (χ0) is 27.6. The molecule has 208 valence electrons. The predicted octanol–water partition coefficient (Wildman–Crippen LogP) is 4.87. The third kappa shape index (κ3) is 5.31. The highest BCUT2D eigenvalue weighted by molar-refractivity contribution is 5.94. The summed E-state index contributed by atoms with van der Waals surface area (Å²) in [5.41, 5.74) is 10.6. The lowest BCUT2D eigenvalue weighted by Gasteiger charge is -2.36. The number of hydrogen-bond acceptors (Lipinski definition) is 9. The Hall–Kier alpha value is -4.18. The fourth-order valence-corrected chi connectivity index (χ4v) is 5.64. The van der Waals surface area contributed by atoms with Crippen LogP contribution in [0.1, 0.15) is 53.1 Å². The number of piperidine rings is 1. The standard InChI is InChI=1S/C30H34N6O4/c1-19-15-26(34-39-19)28-25(20(2)33-40-28)18-38-27-16-23(17-32-29(27)31)21-5-7-22(8-6-21)30(37)36-13-9-24(10-14-36)35-11-3-4-12-35/h5-8,15-17,24H,3-4,9-14,18H2,1-2H3,(H2,31,32). The minimum absolute atomic E-state index is 0.0908. The number of ether oxygens (including phenoxy) is 1. The van der Waals surface area contributed by atoms with Gasteiger partial charge >= 0.3 is 0 Å².